The summed E-state index contributed by atoms with van der Waals surface area (Å²) in [5, 5.41) is 3.89. The first-order valence-electron chi connectivity index (χ1n) is 5.91. The highest BCUT2D eigenvalue weighted by molar-refractivity contribution is 9.10. The molecule has 1 aromatic heterocycles. The minimum Gasteiger partial charge on any atom is -0.467 e. The molecule has 0 spiro atoms. The lowest BCUT2D eigenvalue weighted by Crippen LogP contribution is -2.35. The van der Waals surface area contributed by atoms with Crippen LogP contribution in [0.2, 0.25) is 0 Å². The topological polar surface area (TPSA) is 51.2 Å². The number of nitrogens with one attached hydrogen (secondary N) is 1. The van der Waals surface area contributed by atoms with Crippen LogP contribution in [0.3, 0.4) is 0 Å². The summed E-state index contributed by atoms with van der Waals surface area (Å²) in [4.78, 5) is 16.2. The molecule has 1 heterocycles. The molecular formula is C13H15BrN2O2S. The Kier molecular flexibility index (Phi) is 4.42. The molecule has 4 nitrogen and oxygen atoms in total. The first-order chi connectivity index (χ1) is 9.01. The maximum atomic E-state index is 11.7. The second-order valence-electron chi connectivity index (χ2n) is 4.52. The third kappa shape index (κ3) is 3.25. The smallest absolute Gasteiger partial charge is 0.328 e. The van der Waals surface area contributed by atoms with Crippen LogP contribution in [0.15, 0.2) is 22.7 Å². The molecule has 1 atom stereocenters. The number of hydrogen-bond donors (Lipinski definition) is 1. The van der Waals surface area contributed by atoms with Gasteiger partial charge in [0.2, 0.25) is 0 Å². The van der Waals surface area contributed by atoms with E-state index < -0.39 is 0 Å². The Morgan fingerprint density at radius 3 is 2.84 bits per heavy atom. The van der Waals surface area contributed by atoms with Gasteiger partial charge < -0.3 is 10.1 Å². The Hall–Kier alpha value is -1.14. The largest absolute Gasteiger partial charge is 0.467 e. The van der Waals surface area contributed by atoms with Crippen molar-refractivity contribution in [1.29, 1.82) is 0 Å². The molecule has 2 aromatic rings. The monoisotopic (exact) mass is 342 g/mol. The highest BCUT2D eigenvalue weighted by Gasteiger charge is 2.23. The third-order valence-corrected chi connectivity index (χ3v) is 4.19. The Balaban J connectivity index is 2.26. The van der Waals surface area contributed by atoms with Crippen molar-refractivity contribution in [3.05, 3.63) is 22.7 Å². The number of carbonyl (C=O) groups is 1. The highest BCUT2D eigenvalue weighted by Crippen LogP contribution is 2.29. The van der Waals surface area contributed by atoms with Crippen LogP contribution in [0.1, 0.15) is 13.8 Å². The zero-order chi connectivity index (χ0) is 14.0. The van der Waals surface area contributed by atoms with Crippen molar-refractivity contribution in [2.45, 2.75) is 19.9 Å². The first-order valence-corrected chi connectivity index (χ1v) is 7.52. The van der Waals surface area contributed by atoms with Gasteiger partial charge in [0, 0.05) is 4.47 Å². The number of ether oxygens (including phenoxy) is 1. The molecule has 6 heteroatoms. The van der Waals surface area contributed by atoms with E-state index in [-0.39, 0.29) is 17.9 Å². The predicted octanol–water partition coefficient (Wildman–Crippen LogP) is 3.67. The van der Waals surface area contributed by atoms with Crippen LogP contribution in [0.25, 0.3) is 10.2 Å². The van der Waals surface area contributed by atoms with Gasteiger partial charge in [0.1, 0.15) is 6.04 Å². The van der Waals surface area contributed by atoms with Crippen LogP contribution in [0.4, 0.5) is 5.13 Å². The Bertz CT molecular complexity index is 597. The molecule has 19 heavy (non-hydrogen) atoms. The molecule has 0 fully saturated rings. The molecule has 0 radical (unpaired) electrons. The van der Waals surface area contributed by atoms with Gasteiger partial charge in [-0.05, 0) is 24.1 Å². The number of rotatable bonds is 4. The summed E-state index contributed by atoms with van der Waals surface area (Å²) < 4.78 is 6.90. The van der Waals surface area contributed by atoms with E-state index in [4.69, 9.17) is 4.74 Å². The zero-order valence-corrected chi connectivity index (χ0v) is 13.3. The fourth-order valence-corrected chi connectivity index (χ4v) is 3.17. The van der Waals surface area contributed by atoms with Crippen molar-refractivity contribution in [2.24, 2.45) is 5.92 Å². The molecule has 0 saturated heterocycles. The molecule has 2 rings (SSSR count). The van der Waals surface area contributed by atoms with Gasteiger partial charge in [-0.3, -0.25) is 0 Å². The predicted molar refractivity (Wildman–Crippen MR) is 81.6 cm³/mol. The van der Waals surface area contributed by atoms with Crippen molar-refractivity contribution >= 4 is 48.6 Å². The van der Waals surface area contributed by atoms with Crippen molar-refractivity contribution < 1.29 is 9.53 Å². The van der Waals surface area contributed by atoms with E-state index in [1.807, 2.05) is 32.0 Å². The van der Waals surface area contributed by atoms with E-state index in [1.54, 1.807) is 0 Å². The van der Waals surface area contributed by atoms with Crippen LogP contribution in [-0.2, 0) is 9.53 Å². The van der Waals surface area contributed by atoms with E-state index in [0.717, 1.165) is 19.8 Å². The number of benzene rings is 1. The molecule has 0 bridgehead atoms. The average Bonchev–Trinajstić information content (AvgIpc) is 2.76. The molecule has 0 aliphatic carbocycles. The van der Waals surface area contributed by atoms with E-state index in [2.05, 4.69) is 26.2 Å². The second kappa shape index (κ2) is 5.88. The summed E-state index contributed by atoms with van der Waals surface area (Å²) in [6.07, 6.45) is 0. The molecule has 1 unspecified atom stereocenters. The zero-order valence-electron chi connectivity index (χ0n) is 10.9. The van der Waals surface area contributed by atoms with Crippen molar-refractivity contribution in [1.82, 2.24) is 4.98 Å². The Morgan fingerprint density at radius 2 is 2.21 bits per heavy atom. The first kappa shape index (κ1) is 14.3. The molecule has 102 valence electrons. The summed E-state index contributed by atoms with van der Waals surface area (Å²) in [5.74, 6) is -0.137. The Morgan fingerprint density at radius 1 is 1.47 bits per heavy atom. The highest BCUT2D eigenvalue weighted by atomic mass is 79.9. The number of nitrogens with zero attached hydrogens (tertiary/aromatic N) is 1. The number of aromatic nitrogens is 1. The quantitative estimate of drug-likeness (QED) is 0.861. The SMILES string of the molecule is COC(=O)C(Nc1nc2ccc(Br)cc2s1)C(C)C. The molecule has 1 aromatic carbocycles. The number of thiazole rings is 1. The van der Waals surface area contributed by atoms with Gasteiger partial charge in [-0.1, -0.05) is 41.1 Å². The summed E-state index contributed by atoms with van der Waals surface area (Å²) in [7, 11) is 1.40. The minimum atomic E-state index is -0.381. The van der Waals surface area contributed by atoms with Gasteiger partial charge >= 0.3 is 5.97 Å². The minimum absolute atomic E-state index is 0.131. The normalized spacial score (nSPS) is 12.7. The maximum Gasteiger partial charge on any atom is 0.328 e. The van der Waals surface area contributed by atoms with Gasteiger partial charge in [-0.2, -0.15) is 0 Å². The lowest BCUT2D eigenvalue weighted by atomic mass is 10.1. The van der Waals surface area contributed by atoms with Crippen molar-refractivity contribution in [3.8, 4) is 0 Å². The molecule has 0 aliphatic rings. The van der Waals surface area contributed by atoms with E-state index in [9.17, 15) is 4.79 Å². The number of fused-ring (bicyclic) bond motifs is 1. The number of halogens is 1. The third-order valence-electron chi connectivity index (χ3n) is 2.75. The molecule has 0 aliphatic heterocycles. The number of anilines is 1. The van der Waals surface area contributed by atoms with Crippen LogP contribution in [-0.4, -0.2) is 24.1 Å². The molecular weight excluding hydrogens is 328 g/mol. The van der Waals surface area contributed by atoms with Gasteiger partial charge in [-0.15, -0.1) is 0 Å². The molecule has 1 N–H and O–H groups in total. The summed E-state index contributed by atoms with van der Waals surface area (Å²) >= 11 is 4.96. The number of methoxy groups -OCH3 is 1. The van der Waals surface area contributed by atoms with Gasteiger partial charge in [0.05, 0.1) is 17.3 Å². The lowest BCUT2D eigenvalue weighted by Gasteiger charge is -2.18. The number of carbonyl (C=O) groups excluding carboxylic acids is 1. The lowest BCUT2D eigenvalue weighted by molar-refractivity contribution is -0.142. The molecule has 0 saturated carbocycles. The average molecular weight is 343 g/mol. The van der Waals surface area contributed by atoms with Crippen LogP contribution in [0, 0.1) is 5.92 Å². The fourth-order valence-electron chi connectivity index (χ4n) is 1.72. The fraction of sp³-hybridized carbons (Fsp3) is 0.385. The standard InChI is InChI=1S/C13H15BrN2O2S/c1-7(2)11(12(17)18-3)16-13-15-9-5-4-8(14)6-10(9)19-13/h4-7,11H,1-3H3,(H,15,16). The van der Waals surface area contributed by atoms with E-state index in [0.29, 0.717) is 0 Å². The number of hydrogen-bond acceptors (Lipinski definition) is 5. The van der Waals surface area contributed by atoms with E-state index >= 15 is 0 Å². The van der Waals surface area contributed by atoms with Crippen LogP contribution >= 0.6 is 27.3 Å². The van der Waals surface area contributed by atoms with Crippen LogP contribution < -0.4 is 5.32 Å². The van der Waals surface area contributed by atoms with Gasteiger partial charge in [-0.25, -0.2) is 9.78 Å². The van der Waals surface area contributed by atoms with Crippen molar-refractivity contribution in [2.75, 3.05) is 12.4 Å². The van der Waals surface area contributed by atoms with E-state index in [1.165, 1.54) is 18.4 Å². The maximum absolute atomic E-state index is 11.7. The van der Waals surface area contributed by atoms with Crippen molar-refractivity contribution in [3.63, 3.8) is 0 Å². The van der Waals surface area contributed by atoms with Gasteiger partial charge in [0.15, 0.2) is 5.13 Å². The van der Waals surface area contributed by atoms with Gasteiger partial charge in [0.25, 0.3) is 0 Å². The number of esters is 1. The Labute approximate surface area is 124 Å². The summed E-state index contributed by atoms with van der Waals surface area (Å²) in [6, 6.07) is 5.53. The summed E-state index contributed by atoms with van der Waals surface area (Å²) in [5.41, 5.74) is 0.920. The second-order valence-corrected chi connectivity index (χ2v) is 6.47. The molecule has 0 amide bonds. The summed E-state index contributed by atoms with van der Waals surface area (Å²) in [6.45, 7) is 3.94. The van der Waals surface area contributed by atoms with Crippen LogP contribution in [0.5, 0.6) is 0 Å².